The molecule has 3 rings (SSSR count). The molecule has 0 bridgehead atoms. The van der Waals surface area contributed by atoms with E-state index in [1.54, 1.807) is 19.1 Å². The Morgan fingerprint density at radius 2 is 1.96 bits per heavy atom. The topological polar surface area (TPSA) is 67.3 Å². The summed E-state index contributed by atoms with van der Waals surface area (Å²) in [5.41, 5.74) is 1.89. The van der Waals surface area contributed by atoms with Crippen LogP contribution in [0.4, 0.5) is 10.8 Å². The van der Waals surface area contributed by atoms with E-state index in [0.717, 1.165) is 25.8 Å². The van der Waals surface area contributed by atoms with Crippen molar-refractivity contribution in [2.24, 2.45) is 0 Å². The summed E-state index contributed by atoms with van der Waals surface area (Å²) in [6.07, 6.45) is 0. The van der Waals surface area contributed by atoms with Crippen molar-refractivity contribution in [2.45, 2.75) is 10.9 Å². The van der Waals surface area contributed by atoms with Gasteiger partial charge >= 0.3 is 0 Å². The minimum absolute atomic E-state index is 0.0372. The van der Waals surface area contributed by atoms with Gasteiger partial charge in [-0.15, -0.1) is 10.2 Å². The zero-order valence-electron chi connectivity index (χ0n) is 15.4. The number of halogens is 1. The van der Waals surface area contributed by atoms with Crippen LogP contribution in [0.3, 0.4) is 0 Å². The van der Waals surface area contributed by atoms with E-state index in [9.17, 15) is 4.79 Å². The molecule has 1 N–H and O–H groups in total. The van der Waals surface area contributed by atoms with Gasteiger partial charge in [0.25, 0.3) is 0 Å². The summed E-state index contributed by atoms with van der Waals surface area (Å²) in [6, 6.07) is 15.5. The number of thioether (sulfide) groups is 1. The lowest BCUT2D eigenvalue weighted by Gasteiger charge is -2.17. The van der Waals surface area contributed by atoms with Crippen molar-refractivity contribution in [3.8, 4) is 5.75 Å². The highest BCUT2D eigenvalue weighted by atomic mass is 79.9. The van der Waals surface area contributed by atoms with Crippen molar-refractivity contribution in [1.82, 2.24) is 15.1 Å². The molecule has 0 aliphatic carbocycles. The number of carbonyl (C=O) groups is 1. The van der Waals surface area contributed by atoms with Crippen LogP contribution in [0.1, 0.15) is 5.56 Å². The molecule has 3 aromatic rings. The minimum atomic E-state index is 0.0372. The second kappa shape index (κ2) is 9.90. The van der Waals surface area contributed by atoms with E-state index >= 15 is 0 Å². The predicted molar refractivity (Wildman–Crippen MR) is 118 cm³/mol. The van der Waals surface area contributed by atoms with E-state index in [0.29, 0.717) is 17.4 Å². The first-order valence-corrected chi connectivity index (χ1v) is 11.0. The van der Waals surface area contributed by atoms with Crippen LogP contribution in [-0.4, -0.2) is 40.9 Å². The third kappa shape index (κ3) is 5.46. The normalized spacial score (nSPS) is 10.5. The van der Waals surface area contributed by atoms with Gasteiger partial charge in [-0.25, -0.2) is 0 Å². The fourth-order valence-electron chi connectivity index (χ4n) is 2.39. The number of para-hydroxylation sites is 2. The van der Waals surface area contributed by atoms with Crippen LogP contribution in [0.25, 0.3) is 0 Å². The number of methoxy groups -OCH3 is 1. The Hall–Kier alpha value is -2.10. The first-order chi connectivity index (χ1) is 13.6. The molecule has 0 saturated heterocycles. The fourth-order valence-corrected chi connectivity index (χ4v) is 4.50. The Balaban J connectivity index is 1.54. The number of nitrogens with one attached hydrogen (secondary N) is 1. The smallest absolute Gasteiger partial charge is 0.233 e. The number of hydrogen-bond donors (Lipinski definition) is 1. The molecule has 0 fully saturated rings. The quantitative estimate of drug-likeness (QED) is 0.468. The number of nitrogens with zero attached hydrogens (tertiary/aromatic N) is 3. The van der Waals surface area contributed by atoms with E-state index < -0.39 is 0 Å². The average Bonchev–Trinajstić information content (AvgIpc) is 3.15. The summed E-state index contributed by atoms with van der Waals surface area (Å²) >= 11 is 6.30. The molecule has 0 atom stereocenters. The molecule has 0 spiro atoms. The molecule has 0 unspecified atom stereocenters. The lowest BCUT2D eigenvalue weighted by Crippen LogP contribution is -2.27. The molecule has 0 aliphatic rings. The lowest BCUT2D eigenvalue weighted by molar-refractivity contribution is -0.127. The van der Waals surface area contributed by atoms with Crippen molar-refractivity contribution in [3.63, 3.8) is 0 Å². The molecule has 0 aliphatic heterocycles. The number of hydrogen-bond acceptors (Lipinski definition) is 7. The minimum Gasteiger partial charge on any atom is -0.495 e. The number of benzene rings is 2. The van der Waals surface area contributed by atoms with E-state index in [1.807, 2.05) is 48.5 Å². The van der Waals surface area contributed by atoms with Crippen molar-refractivity contribution < 1.29 is 9.53 Å². The van der Waals surface area contributed by atoms with Crippen LogP contribution >= 0.6 is 39.0 Å². The van der Waals surface area contributed by atoms with Gasteiger partial charge in [0.15, 0.2) is 4.34 Å². The first kappa shape index (κ1) is 20.6. The maximum absolute atomic E-state index is 12.4. The summed E-state index contributed by atoms with van der Waals surface area (Å²) in [5, 5.41) is 12.1. The molecule has 6 nitrogen and oxygen atoms in total. The number of aromatic nitrogens is 2. The molecule has 0 radical (unpaired) electrons. The average molecular weight is 479 g/mol. The van der Waals surface area contributed by atoms with Crippen molar-refractivity contribution in [1.29, 1.82) is 0 Å². The van der Waals surface area contributed by atoms with Crippen molar-refractivity contribution in [3.05, 3.63) is 58.6 Å². The van der Waals surface area contributed by atoms with Gasteiger partial charge in [-0.1, -0.05) is 69.4 Å². The van der Waals surface area contributed by atoms with E-state index in [-0.39, 0.29) is 5.91 Å². The van der Waals surface area contributed by atoms with Crippen LogP contribution in [0, 0.1) is 0 Å². The Morgan fingerprint density at radius 1 is 1.21 bits per heavy atom. The van der Waals surface area contributed by atoms with Crippen LogP contribution in [0.15, 0.2) is 57.3 Å². The number of anilines is 2. The molecule has 146 valence electrons. The van der Waals surface area contributed by atoms with Crippen LogP contribution in [-0.2, 0) is 11.3 Å². The second-order valence-corrected chi connectivity index (χ2v) is 8.88. The standard InChI is InChI=1S/C19H19BrN4O2S2/c1-24(11-13-7-3-4-8-14(13)20)17(25)12-27-19-23-22-18(28-19)21-15-9-5-6-10-16(15)26-2/h3-10H,11-12H2,1-2H3,(H,21,22). The molecule has 1 aromatic heterocycles. The van der Waals surface area contributed by atoms with Gasteiger partial charge < -0.3 is 15.0 Å². The Bertz CT molecular complexity index is 951. The number of carbonyl (C=O) groups excluding carboxylic acids is 1. The largest absolute Gasteiger partial charge is 0.495 e. The monoisotopic (exact) mass is 478 g/mol. The Labute approximate surface area is 180 Å². The van der Waals surface area contributed by atoms with E-state index in [1.165, 1.54) is 23.1 Å². The maximum atomic E-state index is 12.4. The van der Waals surface area contributed by atoms with Crippen LogP contribution in [0.2, 0.25) is 0 Å². The van der Waals surface area contributed by atoms with Crippen molar-refractivity contribution in [2.75, 3.05) is 25.2 Å². The molecule has 28 heavy (non-hydrogen) atoms. The summed E-state index contributed by atoms with van der Waals surface area (Å²) in [7, 11) is 3.43. The SMILES string of the molecule is COc1ccccc1Nc1nnc(SCC(=O)N(C)Cc2ccccc2Br)s1. The van der Waals surface area contributed by atoms with Gasteiger partial charge in [0.05, 0.1) is 18.6 Å². The zero-order chi connectivity index (χ0) is 19.9. The molecule has 2 aromatic carbocycles. The Kier molecular flexibility index (Phi) is 7.30. The van der Waals surface area contributed by atoms with Crippen LogP contribution < -0.4 is 10.1 Å². The predicted octanol–water partition coefficient (Wildman–Crippen LogP) is 4.80. The highest BCUT2D eigenvalue weighted by molar-refractivity contribution is 9.10. The number of rotatable bonds is 8. The van der Waals surface area contributed by atoms with E-state index in [4.69, 9.17) is 4.74 Å². The molecular formula is C19H19BrN4O2S2. The Morgan fingerprint density at radius 3 is 2.75 bits per heavy atom. The van der Waals surface area contributed by atoms with Gasteiger partial charge in [0, 0.05) is 18.1 Å². The fraction of sp³-hybridized carbons (Fsp3) is 0.211. The summed E-state index contributed by atoms with van der Waals surface area (Å²) in [4.78, 5) is 14.1. The summed E-state index contributed by atoms with van der Waals surface area (Å²) < 4.78 is 7.06. The van der Waals surface area contributed by atoms with E-state index in [2.05, 4.69) is 31.4 Å². The van der Waals surface area contributed by atoms with Gasteiger partial charge in [-0.3, -0.25) is 4.79 Å². The highest BCUT2D eigenvalue weighted by Crippen LogP contribution is 2.31. The molecule has 1 amide bonds. The lowest BCUT2D eigenvalue weighted by atomic mass is 10.2. The van der Waals surface area contributed by atoms with Crippen LogP contribution in [0.5, 0.6) is 5.75 Å². The van der Waals surface area contributed by atoms with Gasteiger partial charge in [0.1, 0.15) is 5.75 Å². The third-order valence-electron chi connectivity index (χ3n) is 3.87. The second-order valence-electron chi connectivity index (χ2n) is 5.83. The highest BCUT2D eigenvalue weighted by Gasteiger charge is 2.14. The van der Waals surface area contributed by atoms with Gasteiger partial charge in [-0.2, -0.15) is 0 Å². The van der Waals surface area contributed by atoms with Crippen molar-refractivity contribution >= 4 is 55.8 Å². The van der Waals surface area contributed by atoms with Gasteiger partial charge in [-0.05, 0) is 23.8 Å². The first-order valence-electron chi connectivity index (χ1n) is 8.40. The third-order valence-corrected chi connectivity index (χ3v) is 6.60. The molecular weight excluding hydrogens is 460 g/mol. The maximum Gasteiger partial charge on any atom is 0.233 e. The van der Waals surface area contributed by atoms with Gasteiger partial charge in [0.2, 0.25) is 11.0 Å². The summed E-state index contributed by atoms with van der Waals surface area (Å²) in [6.45, 7) is 0.553. The molecule has 1 heterocycles. The number of amides is 1. The molecule has 0 saturated carbocycles. The summed E-state index contributed by atoms with van der Waals surface area (Å²) in [5.74, 6) is 1.08. The molecule has 9 heteroatoms. The zero-order valence-corrected chi connectivity index (χ0v) is 18.6. The number of ether oxygens (including phenoxy) is 1.